The van der Waals surface area contributed by atoms with Crippen LogP contribution in [0, 0.1) is 0 Å². The Kier molecular flexibility index (Phi) is 6.55. The molecule has 152 valence electrons. The van der Waals surface area contributed by atoms with Crippen LogP contribution < -0.4 is 14.8 Å². The Morgan fingerprint density at radius 2 is 1.72 bits per heavy atom. The van der Waals surface area contributed by atoms with E-state index in [9.17, 15) is 4.79 Å². The number of anilines is 1. The zero-order valence-corrected chi connectivity index (χ0v) is 17.8. The van der Waals surface area contributed by atoms with Crippen molar-refractivity contribution in [2.45, 2.75) is 38.6 Å². The Bertz CT molecular complexity index is 860. The Hall–Kier alpha value is -2.27. The Morgan fingerprint density at radius 3 is 2.38 bits per heavy atom. The highest BCUT2D eigenvalue weighted by Crippen LogP contribution is 2.36. The number of aromatic nitrogens is 1. The number of hydrogen-bond donors (Lipinski definition) is 2. The number of amides is 1. The van der Waals surface area contributed by atoms with E-state index < -0.39 is 0 Å². The van der Waals surface area contributed by atoms with Gasteiger partial charge in [-0.25, -0.2) is 4.57 Å². The van der Waals surface area contributed by atoms with E-state index >= 15 is 0 Å². The minimum atomic E-state index is 0.0745. The van der Waals surface area contributed by atoms with Gasteiger partial charge in [-0.3, -0.25) is 4.79 Å². The first-order valence-corrected chi connectivity index (χ1v) is 11.3. The van der Waals surface area contributed by atoms with E-state index in [0.29, 0.717) is 25.3 Å². The number of benzene rings is 1. The number of thiol groups is 1. The lowest BCUT2D eigenvalue weighted by atomic mass is 9.90. The molecule has 1 aromatic heterocycles. The molecule has 0 saturated heterocycles. The molecule has 4 rings (SSSR count). The minimum Gasteiger partial charge on any atom is -0.371 e. The Balaban J connectivity index is 1.40. The van der Waals surface area contributed by atoms with Gasteiger partial charge in [0.25, 0.3) is 0 Å². The summed E-state index contributed by atoms with van der Waals surface area (Å²) < 4.78 is 2.05. The van der Waals surface area contributed by atoms with Gasteiger partial charge in [-0.15, -0.1) is 0 Å². The quantitative estimate of drug-likeness (QED) is 0.545. The zero-order valence-electron chi connectivity index (χ0n) is 16.9. The molecule has 2 aliphatic heterocycles. The number of rotatable bonds is 7. The smallest absolute Gasteiger partial charge is 0.226 e. The van der Waals surface area contributed by atoms with Crippen LogP contribution >= 0.6 is 12.6 Å². The summed E-state index contributed by atoms with van der Waals surface area (Å²) in [5, 5.41) is 2.85. The molecule has 4 nitrogen and oxygen atoms in total. The van der Waals surface area contributed by atoms with Crippen molar-refractivity contribution in [3.05, 3.63) is 58.9 Å². The topological polar surface area (TPSA) is 36.2 Å². The Labute approximate surface area is 179 Å². The predicted octanol–water partition coefficient (Wildman–Crippen LogP) is 3.28. The number of hydrogen-bond acceptors (Lipinski definition) is 3. The number of nitrogens with zero attached hydrogens (tertiary/aromatic N) is 2. The lowest BCUT2D eigenvalue weighted by Crippen LogP contribution is -2.36. The van der Waals surface area contributed by atoms with E-state index in [4.69, 9.17) is 0 Å². The SMILES string of the molecule is O=C(CC[n+]1ccc(/C=C/c2cc3c4c(c2)CCCN4CCC3)cc1)NCCS. The molecule has 3 heterocycles. The molecule has 29 heavy (non-hydrogen) atoms. The van der Waals surface area contributed by atoms with Crippen LogP contribution in [-0.2, 0) is 24.2 Å². The third-order valence-corrected chi connectivity index (χ3v) is 5.99. The van der Waals surface area contributed by atoms with Crippen LogP contribution in [0.15, 0.2) is 36.7 Å². The maximum Gasteiger partial charge on any atom is 0.226 e. The van der Waals surface area contributed by atoms with Gasteiger partial charge in [-0.1, -0.05) is 12.2 Å². The number of aryl methyl sites for hydroxylation is 3. The van der Waals surface area contributed by atoms with Crippen molar-refractivity contribution in [1.29, 1.82) is 0 Å². The summed E-state index contributed by atoms with van der Waals surface area (Å²) in [6.45, 7) is 3.75. The summed E-state index contributed by atoms with van der Waals surface area (Å²) >= 11 is 4.10. The summed E-state index contributed by atoms with van der Waals surface area (Å²) in [5.74, 6) is 0.745. The summed E-state index contributed by atoms with van der Waals surface area (Å²) in [7, 11) is 0. The summed E-state index contributed by atoms with van der Waals surface area (Å²) in [4.78, 5) is 14.3. The average Bonchev–Trinajstić information content (AvgIpc) is 2.76. The van der Waals surface area contributed by atoms with Gasteiger partial charge in [-0.05, 0) is 60.1 Å². The van der Waals surface area contributed by atoms with Gasteiger partial charge in [-0.2, -0.15) is 12.6 Å². The second-order valence-corrected chi connectivity index (χ2v) is 8.36. The maximum atomic E-state index is 11.7. The Morgan fingerprint density at radius 1 is 1.07 bits per heavy atom. The summed E-state index contributed by atoms with van der Waals surface area (Å²) in [6.07, 6.45) is 13.9. The van der Waals surface area contributed by atoms with Gasteiger partial charge in [0.2, 0.25) is 5.91 Å². The fraction of sp³-hybridized carbons (Fsp3) is 0.417. The van der Waals surface area contributed by atoms with Crippen LogP contribution in [0.25, 0.3) is 12.2 Å². The van der Waals surface area contributed by atoms with Crippen molar-refractivity contribution in [1.82, 2.24) is 5.32 Å². The minimum absolute atomic E-state index is 0.0745. The van der Waals surface area contributed by atoms with E-state index in [-0.39, 0.29) is 5.91 Å². The number of carbonyl (C=O) groups excluding carboxylic acids is 1. The van der Waals surface area contributed by atoms with Crippen LogP contribution in [0.1, 0.15) is 41.5 Å². The van der Waals surface area contributed by atoms with Crippen LogP contribution in [-0.4, -0.2) is 31.3 Å². The van der Waals surface area contributed by atoms with Crippen LogP contribution in [0.3, 0.4) is 0 Å². The lowest BCUT2D eigenvalue weighted by Gasteiger charge is -2.37. The third kappa shape index (κ3) is 5.02. The number of pyridine rings is 1. The normalized spacial score (nSPS) is 15.4. The lowest BCUT2D eigenvalue weighted by molar-refractivity contribution is -0.695. The highest BCUT2D eigenvalue weighted by molar-refractivity contribution is 7.80. The second kappa shape index (κ2) is 9.49. The molecule has 2 aliphatic rings. The maximum absolute atomic E-state index is 11.7. The van der Waals surface area contributed by atoms with Crippen molar-refractivity contribution >= 4 is 36.4 Å². The van der Waals surface area contributed by atoms with Gasteiger partial charge in [0.1, 0.15) is 0 Å². The molecule has 1 amide bonds. The van der Waals surface area contributed by atoms with E-state index in [1.54, 1.807) is 0 Å². The fourth-order valence-electron chi connectivity index (χ4n) is 4.36. The van der Waals surface area contributed by atoms with Gasteiger partial charge >= 0.3 is 0 Å². The fourth-order valence-corrected chi connectivity index (χ4v) is 4.47. The molecule has 0 saturated carbocycles. The largest absolute Gasteiger partial charge is 0.371 e. The van der Waals surface area contributed by atoms with Crippen molar-refractivity contribution in [2.75, 3.05) is 30.3 Å². The van der Waals surface area contributed by atoms with E-state index in [1.165, 1.54) is 66.7 Å². The third-order valence-electron chi connectivity index (χ3n) is 5.77. The molecule has 0 fully saturated rings. The summed E-state index contributed by atoms with van der Waals surface area (Å²) in [5.41, 5.74) is 7.05. The molecular formula is C24H30N3OS+. The van der Waals surface area contributed by atoms with Crippen molar-refractivity contribution in [3.8, 4) is 0 Å². The molecule has 5 heteroatoms. The van der Waals surface area contributed by atoms with Crippen LogP contribution in [0.2, 0.25) is 0 Å². The number of carbonyl (C=O) groups is 1. The van der Waals surface area contributed by atoms with Gasteiger partial charge in [0.05, 0.1) is 6.42 Å². The van der Waals surface area contributed by atoms with Crippen molar-refractivity contribution in [3.63, 3.8) is 0 Å². The molecule has 0 bridgehead atoms. The van der Waals surface area contributed by atoms with Crippen LogP contribution in [0.5, 0.6) is 0 Å². The van der Waals surface area contributed by atoms with Gasteiger partial charge in [0, 0.05) is 43.2 Å². The van der Waals surface area contributed by atoms with Gasteiger partial charge in [0.15, 0.2) is 18.9 Å². The van der Waals surface area contributed by atoms with Crippen molar-refractivity contribution < 1.29 is 9.36 Å². The highest BCUT2D eigenvalue weighted by Gasteiger charge is 2.23. The molecule has 0 radical (unpaired) electrons. The molecule has 0 atom stereocenters. The van der Waals surface area contributed by atoms with Crippen LogP contribution in [0.4, 0.5) is 5.69 Å². The number of nitrogens with one attached hydrogen (secondary N) is 1. The molecule has 0 spiro atoms. The molecular weight excluding hydrogens is 378 g/mol. The van der Waals surface area contributed by atoms with Gasteiger partial charge < -0.3 is 10.2 Å². The first-order valence-electron chi connectivity index (χ1n) is 10.7. The predicted molar refractivity (Wildman–Crippen MR) is 122 cm³/mol. The van der Waals surface area contributed by atoms with E-state index in [2.05, 4.69) is 63.8 Å². The molecule has 1 N–H and O–H groups in total. The second-order valence-electron chi connectivity index (χ2n) is 7.91. The monoisotopic (exact) mass is 408 g/mol. The van der Waals surface area contributed by atoms with E-state index in [1.807, 2.05) is 12.4 Å². The zero-order chi connectivity index (χ0) is 20.1. The molecule has 0 unspecified atom stereocenters. The first-order chi connectivity index (χ1) is 14.2. The molecule has 1 aromatic carbocycles. The highest BCUT2D eigenvalue weighted by atomic mass is 32.1. The summed E-state index contributed by atoms with van der Waals surface area (Å²) in [6, 6.07) is 8.96. The molecule has 0 aliphatic carbocycles. The van der Waals surface area contributed by atoms with E-state index in [0.717, 1.165) is 0 Å². The van der Waals surface area contributed by atoms with Crippen molar-refractivity contribution in [2.24, 2.45) is 0 Å². The first kappa shape index (κ1) is 20.0. The molecule has 2 aromatic rings. The standard InChI is InChI=1S/C24H29N3OS/c28-23(25-10-16-29)9-15-26-13-7-19(8-14-26)5-6-20-17-21-3-1-11-27-12-2-4-22(18-20)24(21)27/h5-8,13-14,17-18H,1-4,9-12,15-16H2,(H-,25,28,29)/p+1. The average molecular weight is 409 g/mol.